The SMILES string of the molecule is C=C1CC[C@@H]2[C@](C)(CCC[C@@]2(C)C(=O)O)[C@H]1CC[C@H]1C(C)=CC[C@@]23C(=O)C(C(C)C)=C(O)C(=O)[C@@]12[C@@]1(C)CCCC(C)(C)[C@@H]1[C@H]3O. The van der Waals surface area contributed by atoms with Crippen LogP contribution < -0.4 is 0 Å². The van der Waals surface area contributed by atoms with E-state index in [4.69, 9.17) is 0 Å². The Morgan fingerprint density at radius 3 is 2.24 bits per heavy atom. The van der Waals surface area contributed by atoms with Crippen molar-refractivity contribution in [3.05, 3.63) is 35.1 Å². The Balaban J connectivity index is 1.51. The Hall–Kier alpha value is -2.21. The lowest BCUT2D eigenvalue weighted by Gasteiger charge is -2.62. The molecule has 0 aromatic heterocycles. The van der Waals surface area contributed by atoms with Gasteiger partial charge < -0.3 is 15.3 Å². The zero-order valence-electron chi connectivity index (χ0n) is 29.6. The number of rotatable bonds is 5. The zero-order chi connectivity index (χ0) is 34.0. The number of hydrogen-bond acceptors (Lipinski definition) is 5. The van der Waals surface area contributed by atoms with E-state index in [1.54, 1.807) is 0 Å². The van der Waals surface area contributed by atoms with Gasteiger partial charge >= 0.3 is 5.97 Å². The van der Waals surface area contributed by atoms with Crippen LogP contribution in [0.2, 0.25) is 0 Å². The number of Topliss-reactive ketones (excluding diaryl/α,β-unsaturated/α-hetero) is 2. The summed E-state index contributed by atoms with van der Waals surface area (Å²) in [6.45, 7) is 21.1. The second-order valence-corrected chi connectivity index (χ2v) is 18.2. The Labute approximate surface area is 276 Å². The molecule has 6 aliphatic carbocycles. The number of allylic oxidation sites excluding steroid dienone is 5. The summed E-state index contributed by atoms with van der Waals surface area (Å²) in [5.41, 5.74) is -2.17. The van der Waals surface area contributed by atoms with Gasteiger partial charge in [-0.3, -0.25) is 14.4 Å². The molecule has 0 bridgehead atoms. The highest BCUT2D eigenvalue weighted by atomic mass is 16.4. The van der Waals surface area contributed by atoms with Crippen molar-refractivity contribution < 1.29 is 29.7 Å². The monoisotopic (exact) mass is 634 g/mol. The molecule has 0 radical (unpaired) electrons. The van der Waals surface area contributed by atoms with E-state index in [9.17, 15) is 20.1 Å². The minimum absolute atomic E-state index is 0.0369. The predicted octanol–water partition coefficient (Wildman–Crippen LogP) is 8.40. The van der Waals surface area contributed by atoms with Crippen molar-refractivity contribution in [2.75, 3.05) is 0 Å². The quantitative estimate of drug-likeness (QED) is 0.262. The van der Waals surface area contributed by atoms with Crippen LogP contribution in [-0.4, -0.2) is 39.0 Å². The van der Waals surface area contributed by atoms with Gasteiger partial charge in [-0.1, -0.05) is 78.2 Å². The lowest BCUT2D eigenvalue weighted by Crippen LogP contribution is -2.66. The topological polar surface area (TPSA) is 112 Å². The fourth-order valence-corrected chi connectivity index (χ4v) is 13.9. The highest BCUT2D eigenvalue weighted by molar-refractivity contribution is 6.18. The molecule has 6 rings (SSSR count). The molecule has 0 amide bonds. The maximum atomic E-state index is 15.3. The lowest BCUT2D eigenvalue weighted by atomic mass is 9.38. The highest BCUT2D eigenvalue weighted by Gasteiger charge is 2.85. The van der Waals surface area contributed by atoms with Gasteiger partial charge in [-0.15, -0.1) is 0 Å². The molecule has 46 heavy (non-hydrogen) atoms. The van der Waals surface area contributed by atoms with Crippen molar-refractivity contribution in [2.24, 2.45) is 62.1 Å². The number of fused-ring (bicyclic) bond motifs is 2. The number of carboxylic acid groups (broad SMARTS) is 1. The molecule has 254 valence electrons. The van der Waals surface area contributed by atoms with E-state index in [1.807, 2.05) is 20.8 Å². The Morgan fingerprint density at radius 1 is 0.978 bits per heavy atom. The molecule has 4 saturated carbocycles. The molecule has 0 saturated heterocycles. The smallest absolute Gasteiger partial charge is 0.309 e. The van der Waals surface area contributed by atoms with Gasteiger partial charge in [0.1, 0.15) is 0 Å². The van der Waals surface area contributed by atoms with Gasteiger partial charge in [0.05, 0.1) is 22.3 Å². The Bertz CT molecular complexity index is 1450. The van der Waals surface area contributed by atoms with Crippen LogP contribution in [0.5, 0.6) is 0 Å². The first-order valence-corrected chi connectivity index (χ1v) is 18.1. The molecule has 0 spiro atoms. The van der Waals surface area contributed by atoms with Gasteiger partial charge in [-0.25, -0.2) is 0 Å². The van der Waals surface area contributed by atoms with Crippen LogP contribution in [0.4, 0.5) is 0 Å². The van der Waals surface area contributed by atoms with Crippen LogP contribution in [-0.2, 0) is 14.4 Å². The number of aliphatic hydroxyl groups excluding tert-OH is 2. The summed E-state index contributed by atoms with van der Waals surface area (Å²) in [5, 5.41) is 34.8. The van der Waals surface area contributed by atoms with Crippen LogP contribution in [0.1, 0.15) is 126 Å². The molecule has 0 aromatic rings. The summed E-state index contributed by atoms with van der Waals surface area (Å²) in [6, 6.07) is 0. The largest absolute Gasteiger partial charge is 0.504 e. The van der Waals surface area contributed by atoms with E-state index in [0.717, 1.165) is 56.9 Å². The zero-order valence-corrected chi connectivity index (χ0v) is 29.6. The van der Waals surface area contributed by atoms with E-state index in [1.165, 1.54) is 5.57 Å². The van der Waals surface area contributed by atoms with Crippen LogP contribution in [0, 0.1) is 62.1 Å². The van der Waals surface area contributed by atoms with Crippen LogP contribution in [0.15, 0.2) is 35.1 Å². The summed E-state index contributed by atoms with van der Waals surface area (Å²) < 4.78 is 0. The third-order valence-electron chi connectivity index (χ3n) is 15.6. The first-order chi connectivity index (χ1) is 21.3. The summed E-state index contributed by atoms with van der Waals surface area (Å²) >= 11 is 0. The van der Waals surface area contributed by atoms with Gasteiger partial charge in [-0.2, -0.15) is 0 Å². The molecule has 6 aliphatic rings. The first kappa shape index (κ1) is 33.7. The van der Waals surface area contributed by atoms with Crippen molar-refractivity contribution in [3.63, 3.8) is 0 Å². The molecule has 0 unspecified atom stereocenters. The van der Waals surface area contributed by atoms with Crippen molar-refractivity contribution in [2.45, 2.75) is 132 Å². The van der Waals surface area contributed by atoms with Gasteiger partial charge in [0.15, 0.2) is 11.5 Å². The number of hydrogen-bond donors (Lipinski definition) is 3. The summed E-state index contributed by atoms with van der Waals surface area (Å²) in [7, 11) is 0. The van der Waals surface area contributed by atoms with Crippen molar-refractivity contribution in [1.82, 2.24) is 0 Å². The molecule has 0 heterocycles. The normalized spacial score (nSPS) is 46.8. The number of carboxylic acids is 1. The molecule has 0 aliphatic heterocycles. The number of aliphatic carboxylic acids is 1. The fourth-order valence-electron chi connectivity index (χ4n) is 13.9. The van der Waals surface area contributed by atoms with Gasteiger partial charge in [0, 0.05) is 5.57 Å². The average molecular weight is 635 g/mol. The molecular weight excluding hydrogens is 576 g/mol. The van der Waals surface area contributed by atoms with Gasteiger partial charge in [-0.05, 0) is 117 Å². The van der Waals surface area contributed by atoms with Crippen molar-refractivity contribution in [1.29, 1.82) is 0 Å². The summed E-state index contributed by atoms with van der Waals surface area (Å²) in [5.74, 6) is -2.49. The van der Waals surface area contributed by atoms with E-state index in [0.29, 0.717) is 19.3 Å². The van der Waals surface area contributed by atoms with E-state index >= 15 is 9.59 Å². The number of ketones is 2. The maximum absolute atomic E-state index is 15.3. The average Bonchev–Trinajstić information content (AvgIpc) is 3.14. The molecule has 6 nitrogen and oxygen atoms in total. The third kappa shape index (κ3) is 3.77. The molecular formula is C40H58O6. The summed E-state index contributed by atoms with van der Waals surface area (Å²) in [4.78, 5) is 43.0. The van der Waals surface area contributed by atoms with Crippen LogP contribution in [0.25, 0.3) is 0 Å². The standard InChI is InChI=1S/C40H58O6/c1-22(2)28-29(41)32(43)40-26(14-13-25-23(3)12-15-27-36(25,7)18-11-19-37(27,8)34(45)46)24(4)16-21-39(40,31(28)42)33(44)30-35(5,6)17-10-20-38(30,40)9/h16,22,25-27,30,33,41,44H,3,10-15,17-21H2,1-2,4-9H3,(H,45,46)/t25-,26-,27+,30-,33+,36+,37+,38-,39-,40+/m0/s1. The maximum Gasteiger partial charge on any atom is 0.309 e. The van der Waals surface area contributed by atoms with Crippen LogP contribution >= 0.6 is 0 Å². The molecule has 6 heteroatoms. The predicted molar refractivity (Wildman–Crippen MR) is 179 cm³/mol. The van der Waals surface area contributed by atoms with Gasteiger partial charge in [0.2, 0.25) is 5.78 Å². The van der Waals surface area contributed by atoms with E-state index in [-0.39, 0.29) is 63.3 Å². The minimum atomic E-state index is -1.33. The van der Waals surface area contributed by atoms with Crippen molar-refractivity contribution in [3.8, 4) is 0 Å². The Morgan fingerprint density at radius 2 is 1.61 bits per heavy atom. The van der Waals surface area contributed by atoms with E-state index in [2.05, 4.69) is 47.3 Å². The van der Waals surface area contributed by atoms with Gasteiger partial charge in [0.25, 0.3) is 0 Å². The Kier molecular flexibility index (Phi) is 7.61. The minimum Gasteiger partial charge on any atom is -0.504 e. The second kappa shape index (κ2) is 10.4. The number of carbonyl (C=O) groups excluding carboxylic acids is 2. The molecule has 10 atom stereocenters. The fraction of sp³-hybridized carbons (Fsp3) is 0.775. The molecule has 3 N–H and O–H groups in total. The lowest BCUT2D eigenvalue weighted by molar-refractivity contribution is -0.173. The first-order valence-electron chi connectivity index (χ1n) is 18.1. The third-order valence-corrected chi connectivity index (χ3v) is 15.6. The molecule has 0 aromatic carbocycles. The van der Waals surface area contributed by atoms with E-state index < -0.39 is 33.7 Å². The number of carbonyl (C=O) groups is 3. The second-order valence-electron chi connectivity index (χ2n) is 18.2. The van der Waals surface area contributed by atoms with Crippen LogP contribution in [0.3, 0.4) is 0 Å². The highest BCUT2D eigenvalue weighted by Crippen LogP contribution is 2.80. The molecule has 4 fully saturated rings. The van der Waals surface area contributed by atoms with Crippen molar-refractivity contribution >= 4 is 17.5 Å². The summed E-state index contributed by atoms with van der Waals surface area (Å²) in [6.07, 6.45) is 9.44. The number of aliphatic hydroxyl groups is 2.